The van der Waals surface area contributed by atoms with E-state index in [0.717, 1.165) is 44.9 Å². The number of hydrogen-bond acceptors (Lipinski definition) is 4. The molecular weight excluding hydrogens is 639 g/mol. The monoisotopic (exact) mass is 667 g/mol. The Bertz CT molecular complexity index is 2880. The van der Waals surface area contributed by atoms with E-state index in [0.29, 0.717) is 5.82 Å². The topological polar surface area (TPSA) is 38.7 Å². The number of pyridine rings is 1. The molecule has 3 nitrogen and oxygen atoms in total. The third-order valence-electron chi connectivity index (χ3n) is 9.70. The minimum atomic E-state index is 0.703. The van der Waals surface area contributed by atoms with Gasteiger partial charge in [-0.2, -0.15) is 0 Å². The molecule has 0 saturated carbocycles. The molecule has 0 aliphatic heterocycles. The molecule has 4 heteroatoms. The van der Waals surface area contributed by atoms with Gasteiger partial charge in [-0.3, -0.25) is 0 Å². The lowest BCUT2D eigenvalue weighted by molar-refractivity contribution is 1.18. The van der Waals surface area contributed by atoms with Crippen LogP contribution in [0.3, 0.4) is 0 Å². The van der Waals surface area contributed by atoms with Crippen LogP contribution in [-0.2, 0) is 0 Å². The molecule has 0 bridgehead atoms. The Balaban J connectivity index is 1.11. The zero-order chi connectivity index (χ0) is 33.7. The number of rotatable bonds is 5. The molecule has 0 radical (unpaired) electrons. The maximum absolute atomic E-state index is 5.37. The molecule has 0 amide bonds. The second kappa shape index (κ2) is 12.1. The number of benzene rings is 7. The van der Waals surface area contributed by atoms with Gasteiger partial charge in [-0.05, 0) is 40.1 Å². The summed E-state index contributed by atoms with van der Waals surface area (Å²) in [5, 5.41) is 6.15. The minimum Gasteiger partial charge on any atom is -0.247 e. The smallest absolute Gasteiger partial charge is 0.160 e. The van der Waals surface area contributed by atoms with Crippen molar-refractivity contribution in [3.8, 4) is 56.3 Å². The van der Waals surface area contributed by atoms with Crippen molar-refractivity contribution in [2.45, 2.75) is 0 Å². The molecule has 0 atom stereocenters. The lowest BCUT2D eigenvalue weighted by Crippen LogP contribution is -1.96. The van der Waals surface area contributed by atoms with E-state index in [9.17, 15) is 0 Å². The maximum atomic E-state index is 5.37. The predicted octanol–water partition coefficient (Wildman–Crippen LogP) is 12.9. The molecule has 7 aromatic carbocycles. The summed E-state index contributed by atoms with van der Waals surface area (Å²) in [4.78, 5) is 15.5. The molecule has 0 unspecified atom stereocenters. The first-order valence-corrected chi connectivity index (χ1v) is 17.9. The molecular formula is C47H29N3S. The molecule has 0 N–H and O–H groups in total. The Hall–Kier alpha value is -6.49. The average Bonchev–Trinajstić information content (AvgIpc) is 3.61. The van der Waals surface area contributed by atoms with Gasteiger partial charge in [0.05, 0.1) is 22.6 Å². The fourth-order valence-electron chi connectivity index (χ4n) is 7.16. The Morgan fingerprint density at radius 1 is 0.373 bits per heavy atom. The molecule has 10 aromatic rings. The number of hydrogen-bond donors (Lipinski definition) is 0. The summed E-state index contributed by atoms with van der Waals surface area (Å²) >= 11 is 1.86. The molecule has 0 aliphatic rings. The predicted molar refractivity (Wildman–Crippen MR) is 215 cm³/mol. The standard InChI is InChI=1S/C47H29N3S/c1-3-11-30(12-4-1)31-19-21-33(22-20-31)40-29-41(50-47(49-40)36-14-5-2-6-15-36)34-23-25-35(26-24-34)45-44-38-17-9-10-18-42(38)51-46(44)43-37-16-8-7-13-32(37)27-28-39(43)48-45/h1-29H. The summed E-state index contributed by atoms with van der Waals surface area (Å²) in [6.45, 7) is 0. The third kappa shape index (κ3) is 5.16. The highest BCUT2D eigenvalue weighted by molar-refractivity contribution is 7.27. The number of nitrogens with zero attached hydrogens (tertiary/aromatic N) is 3. The van der Waals surface area contributed by atoms with E-state index in [-0.39, 0.29) is 0 Å². The van der Waals surface area contributed by atoms with Crippen LogP contribution < -0.4 is 0 Å². The molecule has 0 spiro atoms. The summed E-state index contributed by atoms with van der Waals surface area (Å²) in [6, 6.07) is 61.8. The van der Waals surface area contributed by atoms with Gasteiger partial charge in [0, 0.05) is 47.8 Å². The largest absolute Gasteiger partial charge is 0.247 e. The maximum Gasteiger partial charge on any atom is 0.160 e. The van der Waals surface area contributed by atoms with E-state index >= 15 is 0 Å². The SMILES string of the molecule is c1ccc(-c2ccc(-c3cc(-c4ccc(-c5nc6ccc7ccccc7c6c6sc7ccccc7c56)cc4)nc(-c4ccccc4)n3)cc2)cc1. The molecule has 238 valence electrons. The van der Waals surface area contributed by atoms with Gasteiger partial charge in [-0.25, -0.2) is 15.0 Å². The van der Waals surface area contributed by atoms with E-state index in [2.05, 4.69) is 152 Å². The molecule has 10 rings (SSSR count). The summed E-state index contributed by atoms with van der Waals surface area (Å²) in [7, 11) is 0. The minimum absolute atomic E-state index is 0.703. The van der Waals surface area contributed by atoms with Crippen molar-refractivity contribution in [1.82, 2.24) is 15.0 Å². The summed E-state index contributed by atoms with van der Waals surface area (Å²) in [6.07, 6.45) is 0. The fourth-order valence-corrected chi connectivity index (χ4v) is 8.43. The van der Waals surface area contributed by atoms with Gasteiger partial charge in [0.25, 0.3) is 0 Å². The summed E-state index contributed by atoms with van der Waals surface area (Å²) in [5.41, 5.74) is 10.3. The first kappa shape index (κ1) is 29.4. The van der Waals surface area contributed by atoms with Crippen molar-refractivity contribution >= 4 is 53.2 Å². The van der Waals surface area contributed by atoms with Gasteiger partial charge < -0.3 is 0 Å². The van der Waals surface area contributed by atoms with Gasteiger partial charge in [-0.1, -0.05) is 158 Å². The summed E-state index contributed by atoms with van der Waals surface area (Å²) < 4.78 is 2.55. The van der Waals surface area contributed by atoms with Crippen LogP contribution in [0.5, 0.6) is 0 Å². The van der Waals surface area contributed by atoms with Crippen LogP contribution in [0, 0.1) is 0 Å². The van der Waals surface area contributed by atoms with Crippen LogP contribution in [-0.4, -0.2) is 15.0 Å². The van der Waals surface area contributed by atoms with Gasteiger partial charge in [-0.15, -0.1) is 11.3 Å². The number of fused-ring (bicyclic) bond motifs is 7. The molecule has 0 fully saturated rings. The van der Waals surface area contributed by atoms with Crippen molar-refractivity contribution in [2.75, 3.05) is 0 Å². The highest BCUT2D eigenvalue weighted by Crippen LogP contribution is 2.44. The molecule has 3 aromatic heterocycles. The second-order valence-corrected chi connectivity index (χ2v) is 13.8. The zero-order valence-corrected chi connectivity index (χ0v) is 28.3. The highest BCUT2D eigenvalue weighted by atomic mass is 32.1. The Kier molecular flexibility index (Phi) is 7.00. The van der Waals surface area contributed by atoms with E-state index in [1.807, 2.05) is 35.6 Å². The van der Waals surface area contributed by atoms with Crippen LogP contribution in [0.2, 0.25) is 0 Å². The lowest BCUT2D eigenvalue weighted by Gasteiger charge is -2.12. The van der Waals surface area contributed by atoms with Crippen molar-refractivity contribution in [2.24, 2.45) is 0 Å². The first-order valence-electron chi connectivity index (χ1n) is 17.1. The van der Waals surface area contributed by atoms with E-state index in [1.165, 1.54) is 47.5 Å². The van der Waals surface area contributed by atoms with Crippen molar-refractivity contribution in [3.63, 3.8) is 0 Å². The molecule has 51 heavy (non-hydrogen) atoms. The lowest BCUT2D eigenvalue weighted by atomic mass is 9.98. The van der Waals surface area contributed by atoms with Gasteiger partial charge in [0.15, 0.2) is 5.82 Å². The Morgan fingerprint density at radius 3 is 1.63 bits per heavy atom. The zero-order valence-electron chi connectivity index (χ0n) is 27.5. The number of aromatic nitrogens is 3. The van der Waals surface area contributed by atoms with Gasteiger partial charge in [0.2, 0.25) is 0 Å². The van der Waals surface area contributed by atoms with E-state index in [4.69, 9.17) is 15.0 Å². The Labute approximate surface area is 299 Å². The second-order valence-electron chi connectivity index (χ2n) is 12.8. The normalized spacial score (nSPS) is 11.5. The molecule has 0 saturated heterocycles. The quantitative estimate of drug-likeness (QED) is 0.171. The highest BCUT2D eigenvalue weighted by Gasteiger charge is 2.18. The van der Waals surface area contributed by atoms with Gasteiger partial charge >= 0.3 is 0 Å². The third-order valence-corrected chi connectivity index (χ3v) is 10.9. The van der Waals surface area contributed by atoms with E-state index in [1.54, 1.807) is 0 Å². The van der Waals surface area contributed by atoms with Crippen molar-refractivity contribution in [3.05, 3.63) is 176 Å². The van der Waals surface area contributed by atoms with Crippen LogP contribution in [0.15, 0.2) is 176 Å². The van der Waals surface area contributed by atoms with E-state index < -0.39 is 0 Å². The van der Waals surface area contributed by atoms with Crippen LogP contribution >= 0.6 is 11.3 Å². The molecule has 0 aliphatic carbocycles. The van der Waals surface area contributed by atoms with Crippen LogP contribution in [0.25, 0.3) is 98.1 Å². The first-order chi connectivity index (χ1) is 25.3. The van der Waals surface area contributed by atoms with Gasteiger partial charge in [0.1, 0.15) is 0 Å². The summed E-state index contributed by atoms with van der Waals surface area (Å²) in [5.74, 6) is 0.703. The average molecular weight is 668 g/mol. The fraction of sp³-hybridized carbons (Fsp3) is 0. The van der Waals surface area contributed by atoms with Crippen molar-refractivity contribution < 1.29 is 0 Å². The number of thiophene rings is 1. The molecule has 3 heterocycles. The van der Waals surface area contributed by atoms with Crippen LogP contribution in [0.4, 0.5) is 0 Å². The van der Waals surface area contributed by atoms with Crippen LogP contribution in [0.1, 0.15) is 0 Å². The Morgan fingerprint density at radius 2 is 0.922 bits per heavy atom. The van der Waals surface area contributed by atoms with Crippen molar-refractivity contribution in [1.29, 1.82) is 0 Å².